The van der Waals surface area contributed by atoms with Gasteiger partial charge in [0.05, 0.1) is 18.4 Å². The molecule has 2 saturated heterocycles. The first-order valence-corrected chi connectivity index (χ1v) is 11.9. The van der Waals surface area contributed by atoms with E-state index in [-0.39, 0.29) is 18.9 Å². The molecule has 3 heterocycles. The number of benzene rings is 2. The standard InChI is InChI=1S/C27H24F3N3O5/c1-2-19-21-18(16-8-6-14(13-34)7-9-16)11-20(22-23(21)25(36)33(24(22)35)26(31)37)32(19)12-15-4-3-5-17(10-15)38-27(28,29)30/h2-11,19-23,34H,1,12-13H2,(H2,31,37). The average Bonchev–Trinajstić information content (AvgIpc) is 3.14. The molecule has 11 heteroatoms. The molecule has 2 bridgehead atoms. The van der Waals surface area contributed by atoms with E-state index in [2.05, 4.69) is 11.3 Å². The van der Waals surface area contributed by atoms with Crippen LogP contribution < -0.4 is 10.5 Å². The van der Waals surface area contributed by atoms with Gasteiger partial charge >= 0.3 is 12.4 Å². The Morgan fingerprint density at radius 2 is 1.74 bits per heavy atom. The molecule has 0 radical (unpaired) electrons. The van der Waals surface area contributed by atoms with Crippen molar-refractivity contribution in [3.8, 4) is 5.75 Å². The average molecular weight is 527 g/mol. The summed E-state index contributed by atoms with van der Waals surface area (Å²) >= 11 is 0. The highest BCUT2D eigenvalue weighted by Gasteiger charge is 2.64. The van der Waals surface area contributed by atoms with Crippen molar-refractivity contribution in [2.24, 2.45) is 23.5 Å². The first kappa shape index (κ1) is 25.7. The summed E-state index contributed by atoms with van der Waals surface area (Å²) in [6.45, 7) is 3.94. The molecule has 1 aliphatic carbocycles. The molecule has 4 aliphatic rings. The van der Waals surface area contributed by atoms with Crippen molar-refractivity contribution < 1.29 is 37.4 Å². The Hall–Kier alpha value is -3.96. The number of aliphatic hydroxyl groups excluding tert-OH is 1. The zero-order chi connectivity index (χ0) is 27.4. The number of urea groups is 1. The number of alkyl halides is 3. The van der Waals surface area contributed by atoms with Crippen molar-refractivity contribution >= 4 is 23.4 Å². The van der Waals surface area contributed by atoms with Crippen molar-refractivity contribution in [2.45, 2.75) is 31.6 Å². The van der Waals surface area contributed by atoms with Crippen LogP contribution in [0.2, 0.25) is 0 Å². The number of piperidine rings is 1. The van der Waals surface area contributed by atoms with Gasteiger partial charge in [0.25, 0.3) is 0 Å². The maximum absolute atomic E-state index is 13.3. The number of likely N-dealkylation sites (tertiary alicyclic amines) is 1. The summed E-state index contributed by atoms with van der Waals surface area (Å²) in [7, 11) is 0. The van der Waals surface area contributed by atoms with Gasteiger partial charge in [-0.1, -0.05) is 48.6 Å². The molecule has 0 spiro atoms. The Morgan fingerprint density at radius 3 is 2.34 bits per heavy atom. The predicted octanol–water partition coefficient (Wildman–Crippen LogP) is 3.21. The lowest BCUT2D eigenvalue weighted by Crippen LogP contribution is -2.61. The molecule has 6 rings (SSSR count). The van der Waals surface area contributed by atoms with Crippen LogP contribution in [0.5, 0.6) is 5.75 Å². The van der Waals surface area contributed by atoms with E-state index >= 15 is 0 Å². The second-order valence-corrected chi connectivity index (χ2v) is 9.49. The molecule has 2 aromatic carbocycles. The van der Waals surface area contributed by atoms with Crippen LogP contribution in [0.4, 0.5) is 18.0 Å². The highest BCUT2D eigenvalue weighted by molar-refractivity contribution is 6.17. The SMILES string of the molecule is C=CC1C2C(c3ccc(CO)cc3)=CC(C3C(=O)N(C(N)=O)C(=O)C32)N1Cc1cccc(OC(F)(F)F)c1. The lowest BCUT2D eigenvalue weighted by Gasteiger charge is -2.54. The number of ether oxygens (including phenoxy) is 1. The van der Waals surface area contributed by atoms with Crippen LogP contribution in [-0.2, 0) is 22.7 Å². The second kappa shape index (κ2) is 9.41. The number of hydrogen-bond acceptors (Lipinski definition) is 6. The fraction of sp³-hybridized carbons (Fsp3) is 0.296. The highest BCUT2D eigenvalue weighted by Crippen LogP contribution is 2.54. The van der Waals surface area contributed by atoms with Gasteiger partial charge in [-0.2, -0.15) is 4.90 Å². The van der Waals surface area contributed by atoms with Crippen LogP contribution in [0.15, 0.2) is 67.3 Å². The third kappa shape index (κ3) is 4.27. The Morgan fingerprint density at radius 1 is 1.05 bits per heavy atom. The van der Waals surface area contributed by atoms with Gasteiger partial charge in [0.1, 0.15) is 5.75 Å². The fourth-order valence-electron chi connectivity index (χ4n) is 6.00. The van der Waals surface area contributed by atoms with Crippen molar-refractivity contribution in [3.05, 3.63) is 84.0 Å². The number of amides is 4. The van der Waals surface area contributed by atoms with E-state index in [4.69, 9.17) is 5.73 Å². The van der Waals surface area contributed by atoms with Crippen LogP contribution in [0.25, 0.3) is 5.57 Å². The van der Waals surface area contributed by atoms with Crippen molar-refractivity contribution in [3.63, 3.8) is 0 Å². The predicted molar refractivity (Wildman–Crippen MR) is 129 cm³/mol. The summed E-state index contributed by atoms with van der Waals surface area (Å²) < 4.78 is 42.4. The number of nitrogens with zero attached hydrogens (tertiary/aromatic N) is 2. The van der Waals surface area contributed by atoms with Gasteiger partial charge in [0.2, 0.25) is 11.8 Å². The molecule has 8 nitrogen and oxygen atoms in total. The number of imide groups is 3. The summed E-state index contributed by atoms with van der Waals surface area (Å²) in [5, 5.41) is 9.41. The van der Waals surface area contributed by atoms with Crippen LogP contribution in [0.1, 0.15) is 16.7 Å². The van der Waals surface area contributed by atoms with E-state index in [9.17, 15) is 32.7 Å². The molecule has 2 fully saturated rings. The quantitative estimate of drug-likeness (QED) is 0.441. The third-order valence-electron chi connectivity index (χ3n) is 7.42. The van der Waals surface area contributed by atoms with Crippen molar-refractivity contribution in [2.75, 3.05) is 0 Å². The molecule has 0 saturated carbocycles. The number of hydrogen-bond donors (Lipinski definition) is 2. The molecule has 198 valence electrons. The van der Waals surface area contributed by atoms with Gasteiger partial charge in [-0.3, -0.25) is 14.5 Å². The first-order chi connectivity index (χ1) is 18.0. The van der Waals surface area contributed by atoms with Gasteiger partial charge in [0.15, 0.2) is 0 Å². The Kier molecular flexibility index (Phi) is 6.36. The van der Waals surface area contributed by atoms with Crippen LogP contribution in [0, 0.1) is 17.8 Å². The number of aliphatic hydroxyl groups is 1. The summed E-state index contributed by atoms with van der Waals surface area (Å²) in [5.41, 5.74) is 8.13. The summed E-state index contributed by atoms with van der Waals surface area (Å²) in [4.78, 5) is 41.0. The molecular formula is C27H24F3N3O5. The molecule has 0 aromatic heterocycles. The van der Waals surface area contributed by atoms with E-state index in [1.54, 1.807) is 24.3 Å². The summed E-state index contributed by atoms with van der Waals surface area (Å²) in [6.07, 6.45) is -1.34. The third-order valence-corrected chi connectivity index (χ3v) is 7.42. The van der Waals surface area contributed by atoms with E-state index < -0.39 is 54.0 Å². The van der Waals surface area contributed by atoms with Crippen LogP contribution in [0.3, 0.4) is 0 Å². The van der Waals surface area contributed by atoms with Gasteiger partial charge in [-0.15, -0.1) is 19.8 Å². The van der Waals surface area contributed by atoms with Crippen molar-refractivity contribution in [1.29, 1.82) is 0 Å². The number of rotatable bonds is 6. The number of nitrogens with two attached hydrogens (primary N) is 1. The van der Waals surface area contributed by atoms with Crippen LogP contribution >= 0.6 is 0 Å². The Bertz CT molecular complexity index is 1340. The van der Waals surface area contributed by atoms with Gasteiger partial charge in [0, 0.05) is 24.5 Å². The Labute approximate surface area is 215 Å². The minimum atomic E-state index is -4.85. The molecule has 2 aromatic rings. The van der Waals surface area contributed by atoms with Gasteiger partial charge < -0.3 is 15.6 Å². The maximum atomic E-state index is 13.3. The van der Waals surface area contributed by atoms with Gasteiger partial charge in [-0.05, 0) is 34.4 Å². The van der Waals surface area contributed by atoms with E-state index in [1.165, 1.54) is 18.2 Å². The lowest BCUT2D eigenvalue weighted by atomic mass is 9.61. The summed E-state index contributed by atoms with van der Waals surface area (Å²) in [5.74, 6) is -4.10. The first-order valence-electron chi connectivity index (χ1n) is 11.9. The molecule has 3 aliphatic heterocycles. The largest absolute Gasteiger partial charge is 0.573 e. The number of primary amides is 1. The molecule has 38 heavy (non-hydrogen) atoms. The topological polar surface area (TPSA) is 113 Å². The molecule has 4 amide bonds. The second-order valence-electron chi connectivity index (χ2n) is 9.49. The minimum Gasteiger partial charge on any atom is -0.406 e. The van der Waals surface area contributed by atoms with E-state index in [0.29, 0.717) is 16.0 Å². The molecular weight excluding hydrogens is 503 g/mol. The van der Waals surface area contributed by atoms with Crippen molar-refractivity contribution in [1.82, 2.24) is 9.80 Å². The zero-order valence-electron chi connectivity index (χ0n) is 20.0. The van der Waals surface area contributed by atoms with Gasteiger partial charge in [-0.25, -0.2) is 4.79 Å². The monoisotopic (exact) mass is 527 g/mol. The smallest absolute Gasteiger partial charge is 0.406 e. The molecule has 3 N–H and O–H groups in total. The molecule has 5 unspecified atom stereocenters. The summed E-state index contributed by atoms with van der Waals surface area (Å²) in [6, 6.07) is 10.3. The van der Waals surface area contributed by atoms with Crippen LogP contribution in [-0.4, -0.2) is 51.2 Å². The van der Waals surface area contributed by atoms with E-state index in [0.717, 1.165) is 11.1 Å². The fourth-order valence-corrected chi connectivity index (χ4v) is 6.00. The zero-order valence-corrected chi connectivity index (χ0v) is 20.0. The number of carbonyl (C=O) groups excluding carboxylic acids is 3. The lowest BCUT2D eigenvalue weighted by molar-refractivity contribution is -0.274. The maximum Gasteiger partial charge on any atom is 0.573 e. The Balaban J connectivity index is 1.58. The molecule has 5 atom stereocenters. The number of halogens is 3. The van der Waals surface area contributed by atoms with E-state index in [1.807, 2.05) is 23.1 Å². The number of carbonyl (C=O) groups is 3. The normalized spacial score (nSPS) is 26.8. The number of fused-ring (bicyclic) bond motifs is 1. The highest BCUT2D eigenvalue weighted by atomic mass is 19.4. The minimum absolute atomic E-state index is 0.126.